The van der Waals surface area contributed by atoms with Crippen molar-refractivity contribution in [2.75, 3.05) is 55.6 Å². The number of hydrogen-bond donors (Lipinski definition) is 0. The molecule has 1 unspecified atom stereocenters. The van der Waals surface area contributed by atoms with E-state index in [0.29, 0.717) is 49.8 Å². The zero-order chi connectivity index (χ0) is 31.8. The topological polar surface area (TPSA) is 69.4 Å². The third-order valence-electron chi connectivity index (χ3n) is 9.03. The fourth-order valence-corrected chi connectivity index (χ4v) is 6.93. The molecule has 9 nitrogen and oxygen atoms in total. The second-order valence-electron chi connectivity index (χ2n) is 12.1. The number of fused-ring (bicyclic) bond motifs is 2. The number of likely N-dealkylation sites (tertiary alicyclic amines) is 1. The van der Waals surface area contributed by atoms with Crippen molar-refractivity contribution in [3.63, 3.8) is 0 Å². The van der Waals surface area contributed by atoms with E-state index in [9.17, 15) is 13.6 Å². The van der Waals surface area contributed by atoms with Crippen molar-refractivity contribution in [2.45, 2.75) is 51.4 Å². The number of halogens is 3. The van der Waals surface area contributed by atoms with Gasteiger partial charge in [-0.05, 0) is 44.2 Å². The normalized spacial score (nSPS) is 20.4. The molecule has 45 heavy (non-hydrogen) atoms. The lowest BCUT2D eigenvalue weighted by molar-refractivity contribution is -0.131. The van der Waals surface area contributed by atoms with Gasteiger partial charge in [-0.15, -0.1) is 0 Å². The van der Waals surface area contributed by atoms with Crippen LogP contribution in [0, 0.1) is 12.4 Å². The van der Waals surface area contributed by atoms with Gasteiger partial charge in [0.2, 0.25) is 6.54 Å². The number of rotatable bonds is 7. The maximum Gasteiger partial charge on any atom is 0.318 e. The monoisotopic (exact) mass is 635 g/mol. The molecule has 0 N–H and O–H groups in total. The molecule has 4 heterocycles. The van der Waals surface area contributed by atoms with Gasteiger partial charge >= 0.3 is 6.01 Å². The highest BCUT2D eigenvalue weighted by Crippen LogP contribution is 2.38. The molecule has 3 aliphatic heterocycles. The van der Waals surface area contributed by atoms with Gasteiger partial charge < -0.3 is 24.3 Å². The summed E-state index contributed by atoms with van der Waals surface area (Å²) in [5.41, 5.74) is 2.58. The summed E-state index contributed by atoms with van der Waals surface area (Å²) in [5, 5.41) is 1.60. The Morgan fingerprint density at radius 2 is 1.98 bits per heavy atom. The van der Waals surface area contributed by atoms with E-state index in [1.165, 1.54) is 11.0 Å². The van der Waals surface area contributed by atoms with Gasteiger partial charge in [-0.25, -0.2) is 15.4 Å². The summed E-state index contributed by atoms with van der Waals surface area (Å²) in [6.07, 6.45) is 1.41. The minimum absolute atomic E-state index is 0.0332. The Morgan fingerprint density at radius 3 is 2.71 bits per heavy atom. The largest absolute Gasteiger partial charge is 0.459 e. The van der Waals surface area contributed by atoms with Crippen LogP contribution in [0.3, 0.4) is 0 Å². The lowest BCUT2D eigenvalue weighted by Gasteiger charge is -2.41. The number of carbonyl (C=O) groups is 1. The Balaban J connectivity index is 1.35. The number of amides is 1. The van der Waals surface area contributed by atoms with Crippen molar-refractivity contribution in [3.05, 3.63) is 76.3 Å². The van der Waals surface area contributed by atoms with Crippen LogP contribution in [0.4, 0.5) is 20.3 Å². The Hall–Kier alpha value is -4.01. The van der Waals surface area contributed by atoms with Crippen LogP contribution in [-0.2, 0) is 17.8 Å². The molecule has 2 atom stereocenters. The van der Waals surface area contributed by atoms with Crippen LogP contribution in [-0.4, -0.2) is 89.7 Å². The molecule has 0 aliphatic carbocycles. The maximum absolute atomic E-state index is 14.6. The van der Waals surface area contributed by atoms with Crippen molar-refractivity contribution < 1.29 is 18.3 Å². The molecule has 0 spiro atoms. The molecule has 0 bridgehead atoms. The fourth-order valence-electron chi connectivity index (χ4n) is 6.66. The van der Waals surface area contributed by atoms with Crippen LogP contribution in [0.1, 0.15) is 31.5 Å². The number of nitrogens with zero attached hydrogens (tertiary/aromatic N) is 7. The first-order chi connectivity index (χ1) is 21.6. The van der Waals surface area contributed by atoms with E-state index in [0.717, 1.165) is 41.8 Å². The van der Waals surface area contributed by atoms with Crippen LogP contribution in [0.15, 0.2) is 42.7 Å². The highest BCUT2D eigenvalue weighted by atomic mass is 35.5. The Kier molecular flexibility index (Phi) is 8.80. The molecule has 236 valence electrons. The molecule has 0 radical (unpaired) electrons. The van der Waals surface area contributed by atoms with Crippen molar-refractivity contribution in [3.8, 4) is 6.01 Å². The summed E-state index contributed by atoms with van der Waals surface area (Å²) in [4.78, 5) is 33.9. The summed E-state index contributed by atoms with van der Waals surface area (Å²) >= 11 is 6.49. The number of piperazine rings is 1. The Bertz CT molecular complexity index is 1680. The van der Waals surface area contributed by atoms with Crippen molar-refractivity contribution in [1.29, 1.82) is 0 Å². The average molecular weight is 636 g/mol. The molecule has 3 aliphatic rings. The second kappa shape index (κ2) is 12.8. The first-order valence-corrected chi connectivity index (χ1v) is 15.7. The number of aromatic nitrogens is 2. The lowest BCUT2D eigenvalue weighted by Crippen LogP contribution is -2.57. The molecule has 12 heteroatoms. The van der Waals surface area contributed by atoms with E-state index in [4.69, 9.17) is 32.9 Å². The fraction of sp³-hybridized carbons (Fsp3) is 0.455. The minimum Gasteiger partial charge on any atom is -0.459 e. The summed E-state index contributed by atoms with van der Waals surface area (Å²) in [6.45, 7) is 18.7. The number of benzene rings is 2. The molecular formula is C33H36ClF2N7O2. The van der Waals surface area contributed by atoms with Crippen LogP contribution < -0.4 is 14.5 Å². The molecule has 2 fully saturated rings. The van der Waals surface area contributed by atoms with Gasteiger partial charge in [0, 0.05) is 61.9 Å². The molecule has 1 amide bonds. The van der Waals surface area contributed by atoms with Crippen molar-refractivity contribution in [1.82, 2.24) is 19.8 Å². The quantitative estimate of drug-likeness (QED) is 0.259. The lowest BCUT2D eigenvalue weighted by atomic mass is 10.0. The SMILES string of the molecule is [C-]#[N+]C[C@H]1CN(c2nc(OC3CCN(C(C)C)C3)nc3c2CCN(c2cccc4ccc(F)c(Cl)c24)C3)CCN1C(=O)C(=C)F. The van der Waals surface area contributed by atoms with E-state index in [-0.39, 0.29) is 30.2 Å². The molecule has 0 saturated carbocycles. The molecular weight excluding hydrogens is 600 g/mol. The first kappa shape index (κ1) is 31.0. The zero-order valence-electron chi connectivity index (χ0n) is 25.5. The third-order valence-corrected chi connectivity index (χ3v) is 9.40. The van der Waals surface area contributed by atoms with Crippen LogP contribution in [0.25, 0.3) is 15.6 Å². The molecule has 6 rings (SSSR count). The Morgan fingerprint density at radius 1 is 1.16 bits per heavy atom. The number of ether oxygens (including phenoxy) is 1. The standard InChI is InChI=1S/C33H36ClF2N7O2/c1-20(2)40-12-10-24(18-40)45-33-38-27-19-41(28-7-5-6-22-8-9-26(36)30(34)29(22)28)13-11-25(27)31(39-33)42-14-15-43(32(44)21(3)35)23(17-42)16-37-4/h5-9,20,23-24H,3,10-19H2,1-2H3/t23-,24?/m0/s1. The van der Waals surface area contributed by atoms with Gasteiger partial charge in [0.25, 0.3) is 5.91 Å². The first-order valence-electron chi connectivity index (χ1n) is 15.3. The van der Waals surface area contributed by atoms with Crippen LogP contribution >= 0.6 is 11.6 Å². The summed E-state index contributed by atoms with van der Waals surface area (Å²) in [5.74, 6) is -1.58. The zero-order valence-corrected chi connectivity index (χ0v) is 26.2. The molecule has 2 saturated heterocycles. The van der Waals surface area contributed by atoms with Gasteiger partial charge in [-0.3, -0.25) is 9.69 Å². The predicted molar refractivity (Wildman–Crippen MR) is 171 cm³/mol. The van der Waals surface area contributed by atoms with Crippen LogP contribution in [0.5, 0.6) is 6.01 Å². The van der Waals surface area contributed by atoms with E-state index in [2.05, 4.69) is 40.0 Å². The van der Waals surface area contributed by atoms with Crippen molar-refractivity contribution >= 4 is 39.8 Å². The van der Waals surface area contributed by atoms with Gasteiger partial charge in [0.05, 0.1) is 17.3 Å². The van der Waals surface area contributed by atoms with E-state index >= 15 is 0 Å². The van der Waals surface area contributed by atoms with Crippen LogP contribution in [0.2, 0.25) is 5.02 Å². The molecule has 3 aromatic rings. The van der Waals surface area contributed by atoms with Gasteiger partial charge in [0.1, 0.15) is 23.8 Å². The summed E-state index contributed by atoms with van der Waals surface area (Å²) < 4.78 is 34.8. The third kappa shape index (κ3) is 6.14. The van der Waals surface area contributed by atoms with E-state index in [1.807, 2.05) is 18.2 Å². The predicted octanol–water partition coefficient (Wildman–Crippen LogP) is 5.27. The highest BCUT2D eigenvalue weighted by molar-refractivity contribution is 6.36. The molecule has 2 aromatic carbocycles. The summed E-state index contributed by atoms with van der Waals surface area (Å²) in [7, 11) is 0. The smallest absolute Gasteiger partial charge is 0.318 e. The number of carbonyl (C=O) groups excluding carboxylic acids is 1. The maximum atomic E-state index is 14.6. The second-order valence-corrected chi connectivity index (χ2v) is 12.5. The number of hydrogen-bond acceptors (Lipinski definition) is 7. The average Bonchev–Trinajstić information content (AvgIpc) is 3.50. The van der Waals surface area contributed by atoms with E-state index in [1.54, 1.807) is 6.07 Å². The summed E-state index contributed by atoms with van der Waals surface area (Å²) in [6, 6.07) is 9.07. The van der Waals surface area contributed by atoms with Crippen molar-refractivity contribution in [2.24, 2.45) is 0 Å². The van der Waals surface area contributed by atoms with Gasteiger partial charge in [0.15, 0.2) is 5.83 Å². The highest BCUT2D eigenvalue weighted by Gasteiger charge is 2.37. The number of anilines is 2. The Labute approximate surface area is 266 Å². The van der Waals surface area contributed by atoms with Gasteiger partial charge in [-0.2, -0.15) is 9.97 Å². The molecule has 1 aromatic heterocycles. The van der Waals surface area contributed by atoms with Gasteiger partial charge in [-0.1, -0.05) is 36.4 Å². The van der Waals surface area contributed by atoms with E-state index < -0.39 is 23.6 Å². The minimum atomic E-state index is -1.03.